The molecule has 2 amide bonds. The van der Waals surface area contributed by atoms with Crippen molar-refractivity contribution in [1.29, 1.82) is 0 Å². The SMILES string of the molecule is CC1CC(F)(F)CN1C(=O)c1nc(C(=O)NCC(C)(C)O)sc1-c1cnc(NC(C)C(F)(F)F)cc1C(F)(F)F. The number of anilines is 1. The summed E-state index contributed by atoms with van der Waals surface area (Å²) >= 11 is 0.334. The fraction of sp³-hybridized carbons (Fsp3) is 0.565. The van der Waals surface area contributed by atoms with Crippen LogP contribution in [-0.4, -0.2) is 74.7 Å². The summed E-state index contributed by atoms with van der Waals surface area (Å²) in [5.41, 5.74) is -4.41. The van der Waals surface area contributed by atoms with Crippen molar-refractivity contribution in [3.05, 3.63) is 28.5 Å². The molecule has 1 fully saturated rings. The van der Waals surface area contributed by atoms with E-state index in [1.54, 1.807) is 0 Å². The number of nitrogens with zero attached hydrogens (tertiary/aromatic N) is 3. The highest BCUT2D eigenvalue weighted by Gasteiger charge is 2.47. The Bertz CT molecular complexity index is 1270. The molecule has 17 heteroatoms. The number of pyridine rings is 1. The van der Waals surface area contributed by atoms with Crippen molar-refractivity contribution < 1.29 is 49.8 Å². The van der Waals surface area contributed by atoms with Gasteiger partial charge in [-0.2, -0.15) is 26.3 Å². The van der Waals surface area contributed by atoms with Gasteiger partial charge < -0.3 is 20.6 Å². The van der Waals surface area contributed by atoms with E-state index in [2.05, 4.69) is 15.3 Å². The van der Waals surface area contributed by atoms with Gasteiger partial charge >= 0.3 is 12.4 Å². The molecule has 3 rings (SSSR count). The summed E-state index contributed by atoms with van der Waals surface area (Å²) in [4.78, 5) is 33.7. The molecule has 3 N–H and O–H groups in total. The Morgan fingerprint density at radius 3 is 2.35 bits per heavy atom. The summed E-state index contributed by atoms with van der Waals surface area (Å²) in [7, 11) is 0. The lowest BCUT2D eigenvalue weighted by Gasteiger charge is -2.21. The standard InChI is InChI=1S/C23H25F8N5O3S/c1-10-6-21(24,25)9-36(10)19(38)15-16(40-18(35-15)17(37)33-8-20(3,4)39)12-7-32-14(5-13(12)23(29,30)31)34-11(2)22(26,27)28/h5,7,10-11,39H,6,8-9H2,1-4H3,(H,32,34)(H,33,37). The van der Waals surface area contributed by atoms with Gasteiger partial charge in [0.05, 0.1) is 22.6 Å². The van der Waals surface area contributed by atoms with Crippen LogP contribution in [0.25, 0.3) is 10.4 Å². The number of hydrogen-bond acceptors (Lipinski definition) is 7. The van der Waals surface area contributed by atoms with E-state index >= 15 is 0 Å². The zero-order chi connectivity index (χ0) is 30.4. The van der Waals surface area contributed by atoms with Gasteiger partial charge in [0.2, 0.25) is 0 Å². The average Bonchev–Trinajstić information content (AvgIpc) is 3.35. The molecule has 2 atom stereocenters. The lowest BCUT2D eigenvalue weighted by atomic mass is 10.1. The van der Waals surface area contributed by atoms with Crippen LogP contribution in [0.5, 0.6) is 0 Å². The Balaban J connectivity index is 2.14. The molecule has 0 bridgehead atoms. The number of hydrogen-bond donors (Lipinski definition) is 3. The Morgan fingerprint density at radius 2 is 1.85 bits per heavy atom. The topological polar surface area (TPSA) is 107 Å². The third-order valence-electron chi connectivity index (χ3n) is 5.80. The smallest absolute Gasteiger partial charge is 0.389 e. The third-order valence-corrected chi connectivity index (χ3v) is 6.89. The van der Waals surface area contributed by atoms with Gasteiger partial charge in [0, 0.05) is 30.8 Å². The number of nitrogens with one attached hydrogen (secondary N) is 2. The number of carbonyl (C=O) groups excluding carboxylic acids is 2. The van der Waals surface area contributed by atoms with Crippen LogP contribution < -0.4 is 10.6 Å². The van der Waals surface area contributed by atoms with E-state index in [0.29, 0.717) is 30.5 Å². The van der Waals surface area contributed by atoms with Crippen LogP contribution >= 0.6 is 11.3 Å². The third kappa shape index (κ3) is 7.35. The van der Waals surface area contributed by atoms with Crippen molar-refractivity contribution in [3.8, 4) is 10.4 Å². The van der Waals surface area contributed by atoms with E-state index in [0.717, 1.165) is 4.90 Å². The van der Waals surface area contributed by atoms with Crippen LogP contribution in [-0.2, 0) is 6.18 Å². The maximum Gasteiger partial charge on any atom is 0.417 e. The molecule has 0 radical (unpaired) electrons. The van der Waals surface area contributed by atoms with Gasteiger partial charge in [-0.15, -0.1) is 11.3 Å². The van der Waals surface area contributed by atoms with Crippen LogP contribution in [0.3, 0.4) is 0 Å². The van der Waals surface area contributed by atoms with Gasteiger partial charge in [-0.25, -0.2) is 18.7 Å². The largest absolute Gasteiger partial charge is 0.417 e. The Kier molecular flexibility index (Phi) is 8.43. The van der Waals surface area contributed by atoms with Gasteiger partial charge in [0.15, 0.2) is 5.01 Å². The summed E-state index contributed by atoms with van der Waals surface area (Å²) in [6.07, 6.45) is -10.1. The zero-order valence-electron chi connectivity index (χ0n) is 21.5. The molecule has 40 heavy (non-hydrogen) atoms. The molecular formula is C23H25F8N5O3S. The molecule has 1 saturated heterocycles. The van der Waals surface area contributed by atoms with Crippen molar-refractivity contribution in [3.63, 3.8) is 0 Å². The molecule has 1 aliphatic rings. The predicted octanol–water partition coefficient (Wildman–Crippen LogP) is 4.96. The van der Waals surface area contributed by atoms with Crippen molar-refractivity contribution in [2.24, 2.45) is 0 Å². The van der Waals surface area contributed by atoms with Crippen molar-refractivity contribution in [1.82, 2.24) is 20.2 Å². The highest BCUT2D eigenvalue weighted by molar-refractivity contribution is 7.17. The first-order valence-electron chi connectivity index (χ1n) is 11.7. The van der Waals surface area contributed by atoms with Gasteiger partial charge in [0.25, 0.3) is 17.7 Å². The van der Waals surface area contributed by atoms with Gasteiger partial charge in [-0.3, -0.25) is 9.59 Å². The molecule has 2 aromatic heterocycles. The highest BCUT2D eigenvalue weighted by Crippen LogP contribution is 2.43. The normalized spacial score (nSPS) is 18.5. The van der Waals surface area contributed by atoms with Crippen LogP contribution in [0, 0.1) is 0 Å². The first-order chi connectivity index (χ1) is 18.1. The number of carbonyl (C=O) groups is 2. The Hall–Kier alpha value is -3.08. The van der Waals surface area contributed by atoms with E-state index in [-0.39, 0.29) is 6.54 Å². The van der Waals surface area contributed by atoms with Crippen LogP contribution in [0.2, 0.25) is 0 Å². The van der Waals surface area contributed by atoms with Gasteiger partial charge in [-0.05, 0) is 33.8 Å². The molecule has 222 valence electrons. The quantitative estimate of drug-likeness (QED) is 0.387. The summed E-state index contributed by atoms with van der Waals surface area (Å²) in [6, 6.07) is -2.95. The van der Waals surface area contributed by atoms with Gasteiger partial charge in [-0.1, -0.05) is 0 Å². The Morgan fingerprint density at radius 1 is 1.23 bits per heavy atom. The lowest BCUT2D eigenvalue weighted by Crippen LogP contribution is -2.38. The number of amides is 2. The molecule has 0 spiro atoms. The molecule has 8 nitrogen and oxygen atoms in total. The minimum absolute atomic E-state index is 0.299. The summed E-state index contributed by atoms with van der Waals surface area (Å²) in [5.74, 6) is -6.17. The summed E-state index contributed by atoms with van der Waals surface area (Å²) in [5, 5.41) is 13.5. The fourth-order valence-electron chi connectivity index (χ4n) is 3.79. The molecular weight excluding hydrogens is 578 g/mol. The number of halogens is 8. The average molecular weight is 604 g/mol. The monoisotopic (exact) mass is 603 g/mol. The van der Waals surface area contributed by atoms with Crippen LogP contribution in [0.1, 0.15) is 60.0 Å². The Labute approximate surface area is 226 Å². The van der Waals surface area contributed by atoms with Crippen molar-refractivity contribution in [2.45, 2.75) is 70.1 Å². The summed E-state index contributed by atoms with van der Waals surface area (Å²) < 4.78 is 109. The minimum Gasteiger partial charge on any atom is -0.389 e. The summed E-state index contributed by atoms with van der Waals surface area (Å²) in [6.45, 7) is 3.38. The first-order valence-corrected chi connectivity index (χ1v) is 12.5. The number of aliphatic hydroxyl groups is 1. The maximum absolute atomic E-state index is 14.1. The number of rotatable bonds is 7. The van der Waals surface area contributed by atoms with E-state index in [4.69, 9.17) is 0 Å². The molecule has 2 aromatic rings. The second-order valence-electron chi connectivity index (χ2n) is 10.1. The van der Waals surface area contributed by atoms with Crippen molar-refractivity contribution >= 4 is 29.0 Å². The van der Waals surface area contributed by atoms with Crippen molar-refractivity contribution in [2.75, 3.05) is 18.4 Å². The fourth-order valence-corrected chi connectivity index (χ4v) is 4.79. The zero-order valence-corrected chi connectivity index (χ0v) is 22.3. The highest BCUT2D eigenvalue weighted by atomic mass is 32.1. The molecule has 3 heterocycles. The molecule has 1 aliphatic heterocycles. The number of thiazole rings is 1. The second-order valence-corrected chi connectivity index (χ2v) is 11.1. The molecule has 0 aliphatic carbocycles. The minimum atomic E-state index is -5.17. The van der Waals surface area contributed by atoms with E-state index in [1.165, 1.54) is 20.8 Å². The number of aromatic nitrogens is 2. The van der Waals surface area contributed by atoms with E-state index in [1.807, 2.05) is 5.32 Å². The van der Waals surface area contributed by atoms with Crippen LogP contribution in [0.15, 0.2) is 12.3 Å². The second kappa shape index (κ2) is 10.7. The molecule has 2 unspecified atom stereocenters. The van der Waals surface area contributed by atoms with Crippen LogP contribution in [0.4, 0.5) is 40.9 Å². The number of alkyl halides is 8. The first kappa shape index (κ1) is 31.4. The lowest BCUT2D eigenvalue weighted by molar-refractivity contribution is -0.138. The maximum atomic E-state index is 14.1. The predicted molar refractivity (Wildman–Crippen MR) is 128 cm³/mol. The van der Waals surface area contributed by atoms with Gasteiger partial charge in [0.1, 0.15) is 17.6 Å². The number of likely N-dealkylation sites (tertiary alicyclic amines) is 1. The van der Waals surface area contributed by atoms with E-state index in [9.17, 15) is 49.8 Å². The van der Waals surface area contributed by atoms with E-state index < -0.39 is 93.3 Å². The molecule has 0 saturated carbocycles. The molecule has 0 aromatic carbocycles.